The van der Waals surface area contributed by atoms with E-state index in [4.69, 9.17) is 9.26 Å². The number of hydrogen-bond acceptors (Lipinski definition) is 5. The van der Waals surface area contributed by atoms with Crippen molar-refractivity contribution in [2.75, 3.05) is 7.11 Å². The molecular weight excluding hydrogens is 232 g/mol. The molecule has 1 atom stereocenters. The first-order valence-corrected chi connectivity index (χ1v) is 5.88. The third-order valence-electron chi connectivity index (χ3n) is 2.68. The molecule has 1 unspecified atom stereocenters. The molecule has 0 saturated heterocycles. The molecule has 0 spiro atoms. The van der Waals surface area contributed by atoms with Gasteiger partial charge in [-0.1, -0.05) is 24.2 Å². The molecule has 0 aliphatic heterocycles. The Morgan fingerprint density at radius 1 is 1.44 bits per heavy atom. The minimum atomic E-state index is -0.441. The Balaban J connectivity index is 2.18. The van der Waals surface area contributed by atoms with Gasteiger partial charge in [-0.25, -0.2) is 0 Å². The van der Waals surface area contributed by atoms with Crippen molar-refractivity contribution in [1.82, 2.24) is 10.1 Å². The minimum Gasteiger partial charge on any atom is -0.497 e. The zero-order valence-corrected chi connectivity index (χ0v) is 10.5. The number of aliphatic hydroxyl groups excluding tert-OH is 1. The van der Waals surface area contributed by atoms with Crippen LogP contribution >= 0.6 is 0 Å². The summed E-state index contributed by atoms with van der Waals surface area (Å²) >= 11 is 0. The smallest absolute Gasteiger partial charge is 0.229 e. The summed E-state index contributed by atoms with van der Waals surface area (Å²) in [6, 6.07) is 7.44. The first kappa shape index (κ1) is 12.6. The van der Waals surface area contributed by atoms with E-state index in [1.165, 1.54) is 0 Å². The van der Waals surface area contributed by atoms with Gasteiger partial charge < -0.3 is 14.4 Å². The van der Waals surface area contributed by atoms with E-state index in [9.17, 15) is 5.11 Å². The number of ether oxygens (including phenoxy) is 1. The van der Waals surface area contributed by atoms with Gasteiger partial charge in [0.1, 0.15) is 5.75 Å². The van der Waals surface area contributed by atoms with Crippen LogP contribution in [0.3, 0.4) is 0 Å². The normalized spacial score (nSPS) is 12.4. The topological polar surface area (TPSA) is 68.4 Å². The van der Waals surface area contributed by atoms with Crippen molar-refractivity contribution in [2.45, 2.75) is 25.9 Å². The van der Waals surface area contributed by atoms with Crippen molar-refractivity contribution < 1.29 is 14.4 Å². The molecule has 2 rings (SSSR count). The number of benzene rings is 1. The van der Waals surface area contributed by atoms with Crippen LogP contribution < -0.4 is 4.74 Å². The van der Waals surface area contributed by atoms with Gasteiger partial charge in [-0.05, 0) is 18.6 Å². The fraction of sp³-hybridized carbons (Fsp3) is 0.385. The Bertz CT molecular complexity index is 510. The van der Waals surface area contributed by atoms with Crippen molar-refractivity contribution in [2.24, 2.45) is 0 Å². The van der Waals surface area contributed by atoms with Crippen LogP contribution in [-0.2, 0) is 6.42 Å². The minimum absolute atomic E-state index is 0.382. The molecule has 0 amide bonds. The van der Waals surface area contributed by atoms with Gasteiger partial charge in [0.2, 0.25) is 11.7 Å². The van der Waals surface area contributed by atoms with Crippen LogP contribution in [0.15, 0.2) is 28.8 Å². The number of nitrogens with zero attached hydrogens (tertiary/aromatic N) is 2. The molecule has 1 aromatic heterocycles. The summed E-state index contributed by atoms with van der Waals surface area (Å²) < 4.78 is 10.2. The zero-order valence-electron chi connectivity index (χ0n) is 10.5. The maximum Gasteiger partial charge on any atom is 0.229 e. The lowest BCUT2D eigenvalue weighted by molar-refractivity contribution is 0.158. The zero-order chi connectivity index (χ0) is 13.0. The van der Waals surface area contributed by atoms with Crippen LogP contribution in [0.25, 0.3) is 11.4 Å². The van der Waals surface area contributed by atoms with Crippen LogP contribution in [0.4, 0.5) is 0 Å². The second-order valence-corrected chi connectivity index (χ2v) is 4.01. The second kappa shape index (κ2) is 5.64. The highest BCUT2D eigenvalue weighted by atomic mass is 16.5. The SMILES string of the molecule is CCC(O)Cc1nc(-c2cccc(OC)c2)no1. The highest BCUT2D eigenvalue weighted by molar-refractivity contribution is 5.56. The Labute approximate surface area is 105 Å². The van der Waals surface area contributed by atoms with E-state index in [1.807, 2.05) is 31.2 Å². The van der Waals surface area contributed by atoms with Crippen molar-refractivity contribution in [3.8, 4) is 17.1 Å². The van der Waals surface area contributed by atoms with Gasteiger partial charge in [0.25, 0.3) is 0 Å². The Kier molecular flexibility index (Phi) is 3.94. The molecule has 18 heavy (non-hydrogen) atoms. The standard InChI is InChI=1S/C13H16N2O3/c1-3-10(16)8-12-14-13(15-18-12)9-5-4-6-11(7-9)17-2/h4-7,10,16H,3,8H2,1-2H3. The van der Waals surface area contributed by atoms with Crippen LogP contribution in [0.2, 0.25) is 0 Å². The molecule has 5 nitrogen and oxygen atoms in total. The highest BCUT2D eigenvalue weighted by Crippen LogP contribution is 2.21. The number of aromatic nitrogens is 2. The maximum absolute atomic E-state index is 9.53. The van der Waals surface area contributed by atoms with E-state index in [-0.39, 0.29) is 0 Å². The monoisotopic (exact) mass is 248 g/mol. The van der Waals surface area contributed by atoms with Crippen LogP contribution in [-0.4, -0.2) is 28.5 Å². The first-order valence-electron chi connectivity index (χ1n) is 5.88. The summed E-state index contributed by atoms with van der Waals surface area (Å²) in [6.07, 6.45) is 0.605. The van der Waals surface area contributed by atoms with E-state index in [2.05, 4.69) is 10.1 Å². The van der Waals surface area contributed by atoms with Gasteiger partial charge in [0.15, 0.2) is 0 Å². The molecule has 0 fully saturated rings. The van der Waals surface area contributed by atoms with Gasteiger partial charge >= 0.3 is 0 Å². The Morgan fingerprint density at radius 2 is 2.28 bits per heavy atom. The van der Waals surface area contributed by atoms with E-state index >= 15 is 0 Å². The predicted molar refractivity (Wildman–Crippen MR) is 66.3 cm³/mol. The third kappa shape index (κ3) is 2.87. The lowest BCUT2D eigenvalue weighted by Crippen LogP contribution is -2.08. The van der Waals surface area contributed by atoms with Gasteiger partial charge in [0, 0.05) is 5.56 Å². The van der Waals surface area contributed by atoms with E-state index in [0.717, 1.165) is 11.3 Å². The Hall–Kier alpha value is -1.88. The molecule has 0 saturated carbocycles. The summed E-state index contributed by atoms with van der Waals surface area (Å²) in [5, 5.41) is 13.4. The first-order chi connectivity index (χ1) is 8.72. The maximum atomic E-state index is 9.53. The Morgan fingerprint density at radius 3 is 3.00 bits per heavy atom. The quantitative estimate of drug-likeness (QED) is 0.877. The third-order valence-corrected chi connectivity index (χ3v) is 2.68. The van der Waals surface area contributed by atoms with Crippen molar-refractivity contribution in [1.29, 1.82) is 0 Å². The van der Waals surface area contributed by atoms with E-state index in [1.54, 1.807) is 7.11 Å². The van der Waals surface area contributed by atoms with E-state index in [0.29, 0.717) is 24.6 Å². The molecule has 1 heterocycles. The molecular formula is C13H16N2O3. The molecule has 0 radical (unpaired) electrons. The summed E-state index contributed by atoms with van der Waals surface area (Å²) in [5.74, 6) is 1.70. The molecule has 0 aliphatic carbocycles. The summed E-state index contributed by atoms with van der Waals surface area (Å²) in [5.41, 5.74) is 0.829. The highest BCUT2D eigenvalue weighted by Gasteiger charge is 2.12. The summed E-state index contributed by atoms with van der Waals surface area (Å²) in [7, 11) is 1.61. The van der Waals surface area contributed by atoms with Crippen LogP contribution in [0.5, 0.6) is 5.75 Å². The summed E-state index contributed by atoms with van der Waals surface area (Å²) in [6.45, 7) is 1.91. The molecule has 1 aromatic carbocycles. The fourth-order valence-corrected chi connectivity index (χ4v) is 1.56. The number of rotatable bonds is 5. The van der Waals surface area contributed by atoms with Gasteiger partial charge in [-0.3, -0.25) is 0 Å². The molecule has 5 heteroatoms. The summed E-state index contributed by atoms with van der Waals surface area (Å²) in [4.78, 5) is 4.25. The number of methoxy groups -OCH3 is 1. The van der Waals surface area contributed by atoms with Gasteiger partial charge in [0.05, 0.1) is 19.6 Å². The molecule has 2 aromatic rings. The molecule has 0 aliphatic rings. The van der Waals surface area contributed by atoms with Crippen LogP contribution in [0.1, 0.15) is 19.2 Å². The van der Waals surface area contributed by atoms with Crippen LogP contribution in [0, 0.1) is 0 Å². The fourth-order valence-electron chi connectivity index (χ4n) is 1.56. The molecule has 1 N–H and O–H groups in total. The van der Waals surface area contributed by atoms with Crippen molar-refractivity contribution in [3.05, 3.63) is 30.2 Å². The largest absolute Gasteiger partial charge is 0.497 e. The van der Waals surface area contributed by atoms with Crippen molar-refractivity contribution in [3.63, 3.8) is 0 Å². The van der Waals surface area contributed by atoms with Gasteiger partial charge in [-0.15, -0.1) is 0 Å². The lowest BCUT2D eigenvalue weighted by atomic mass is 10.2. The average Bonchev–Trinajstić information content (AvgIpc) is 2.87. The molecule has 0 bridgehead atoms. The van der Waals surface area contributed by atoms with E-state index < -0.39 is 6.10 Å². The molecule has 96 valence electrons. The predicted octanol–water partition coefficient (Wildman–Crippen LogP) is 2.06. The van der Waals surface area contributed by atoms with Crippen molar-refractivity contribution >= 4 is 0 Å². The number of aliphatic hydroxyl groups is 1. The lowest BCUT2D eigenvalue weighted by Gasteiger charge is -2.01. The second-order valence-electron chi connectivity index (χ2n) is 4.01. The average molecular weight is 248 g/mol. The number of hydrogen-bond donors (Lipinski definition) is 1. The van der Waals surface area contributed by atoms with Gasteiger partial charge in [-0.2, -0.15) is 4.98 Å².